The second-order valence-corrected chi connectivity index (χ2v) is 19.2. The van der Waals surface area contributed by atoms with E-state index in [-0.39, 0.29) is 31.1 Å². The number of hydrogen-bond donors (Lipinski definition) is 0. The topological polar surface area (TPSA) is 78.9 Å². The molecule has 0 radical (unpaired) electrons. The summed E-state index contributed by atoms with van der Waals surface area (Å²) in [5.41, 5.74) is 0. The molecule has 0 saturated carbocycles. The minimum atomic E-state index is -0.776. The lowest BCUT2D eigenvalue weighted by Crippen LogP contribution is -2.30. The van der Waals surface area contributed by atoms with Crippen LogP contribution in [0.3, 0.4) is 0 Å². The third kappa shape index (κ3) is 52.5. The van der Waals surface area contributed by atoms with Crippen LogP contribution in [-0.4, -0.2) is 37.2 Å². The van der Waals surface area contributed by atoms with E-state index in [0.29, 0.717) is 19.3 Å². The molecule has 0 spiro atoms. The summed E-state index contributed by atoms with van der Waals surface area (Å²) in [6.07, 6.45) is 64.2. The van der Waals surface area contributed by atoms with Crippen molar-refractivity contribution >= 4 is 17.9 Å². The van der Waals surface area contributed by atoms with Crippen LogP contribution in [0.25, 0.3) is 0 Å². The summed E-state index contributed by atoms with van der Waals surface area (Å²) in [7, 11) is 0. The summed E-state index contributed by atoms with van der Waals surface area (Å²) >= 11 is 0. The molecule has 0 N–H and O–H groups in total. The lowest BCUT2D eigenvalue weighted by molar-refractivity contribution is -0.167. The van der Waals surface area contributed by atoms with Gasteiger partial charge in [-0.25, -0.2) is 0 Å². The molecule has 0 aliphatic rings. The zero-order chi connectivity index (χ0) is 47.2. The molecule has 1 atom stereocenters. The van der Waals surface area contributed by atoms with Gasteiger partial charge in [0.25, 0.3) is 0 Å². The average Bonchev–Trinajstić information content (AvgIpc) is 3.30. The fraction of sp³-hybridized carbons (Fsp3) is 0.847. The monoisotopic (exact) mass is 913 g/mol. The molecule has 6 heteroatoms. The molecule has 0 amide bonds. The van der Waals surface area contributed by atoms with Gasteiger partial charge in [0, 0.05) is 19.3 Å². The van der Waals surface area contributed by atoms with Gasteiger partial charge < -0.3 is 14.2 Å². The molecule has 1 unspecified atom stereocenters. The van der Waals surface area contributed by atoms with Crippen LogP contribution in [-0.2, 0) is 28.6 Å². The molecule has 0 aromatic heterocycles. The van der Waals surface area contributed by atoms with Gasteiger partial charge in [-0.3, -0.25) is 14.4 Å². The molecule has 0 aromatic rings. The molecule has 0 heterocycles. The summed E-state index contributed by atoms with van der Waals surface area (Å²) < 4.78 is 16.8. The first-order valence-electron chi connectivity index (χ1n) is 28.5. The highest BCUT2D eigenvalue weighted by Gasteiger charge is 2.19. The van der Waals surface area contributed by atoms with Crippen LogP contribution < -0.4 is 0 Å². The van der Waals surface area contributed by atoms with E-state index in [9.17, 15) is 14.4 Å². The number of allylic oxidation sites excluding steroid dienone is 6. The molecule has 380 valence electrons. The van der Waals surface area contributed by atoms with Crippen molar-refractivity contribution in [1.82, 2.24) is 0 Å². The van der Waals surface area contributed by atoms with Gasteiger partial charge in [0.2, 0.25) is 0 Å². The predicted molar refractivity (Wildman–Crippen MR) is 279 cm³/mol. The zero-order valence-corrected chi connectivity index (χ0v) is 43.5. The molecule has 0 saturated heterocycles. The maximum Gasteiger partial charge on any atom is 0.306 e. The van der Waals surface area contributed by atoms with Gasteiger partial charge in [-0.1, -0.05) is 243 Å². The van der Waals surface area contributed by atoms with Crippen LogP contribution in [0.15, 0.2) is 36.5 Å². The molecular formula is C59H108O6. The maximum absolute atomic E-state index is 12.8. The lowest BCUT2D eigenvalue weighted by Gasteiger charge is -2.18. The molecule has 0 fully saturated rings. The lowest BCUT2D eigenvalue weighted by atomic mass is 10.1. The van der Waals surface area contributed by atoms with Crippen molar-refractivity contribution in [2.24, 2.45) is 0 Å². The van der Waals surface area contributed by atoms with Crippen LogP contribution in [0.1, 0.15) is 303 Å². The summed E-state index contributed by atoms with van der Waals surface area (Å²) in [5, 5.41) is 0. The van der Waals surface area contributed by atoms with Crippen LogP contribution in [0, 0.1) is 0 Å². The third-order valence-electron chi connectivity index (χ3n) is 12.6. The summed E-state index contributed by atoms with van der Waals surface area (Å²) in [6, 6.07) is 0. The normalized spacial score (nSPS) is 12.2. The van der Waals surface area contributed by atoms with E-state index in [1.165, 1.54) is 180 Å². The van der Waals surface area contributed by atoms with Crippen molar-refractivity contribution < 1.29 is 28.6 Å². The first-order valence-corrected chi connectivity index (χ1v) is 28.5. The van der Waals surface area contributed by atoms with Crippen LogP contribution >= 0.6 is 0 Å². The Balaban J connectivity index is 4.28. The third-order valence-corrected chi connectivity index (χ3v) is 12.6. The molecule has 0 aliphatic heterocycles. The zero-order valence-electron chi connectivity index (χ0n) is 43.5. The number of esters is 3. The largest absolute Gasteiger partial charge is 0.462 e. The fourth-order valence-corrected chi connectivity index (χ4v) is 8.29. The van der Waals surface area contributed by atoms with Crippen molar-refractivity contribution in [3.05, 3.63) is 36.5 Å². The number of carbonyl (C=O) groups is 3. The summed E-state index contributed by atoms with van der Waals surface area (Å²) in [4.78, 5) is 38.0. The van der Waals surface area contributed by atoms with Gasteiger partial charge >= 0.3 is 17.9 Å². The van der Waals surface area contributed by atoms with E-state index in [1.54, 1.807) is 0 Å². The van der Waals surface area contributed by atoms with Crippen molar-refractivity contribution in [2.45, 2.75) is 309 Å². The average molecular weight is 914 g/mol. The Hall–Kier alpha value is -2.37. The van der Waals surface area contributed by atoms with E-state index < -0.39 is 6.10 Å². The highest BCUT2D eigenvalue weighted by molar-refractivity contribution is 5.71. The summed E-state index contributed by atoms with van der Waals surface area (Å²) in [5.74, 6) is -0.879. The summed E-state index contributed by atoms with van der Waals surface area (Å²) in [6.45, 7) is 6.63. The highest BCUT2D eigenvalue weighted by atomic mass is 16.6. The van der Waals surface area contributed by atoms with Gasteiger partial charge in [-0.2, -0.15) is 0 Å². The van der Waals surface area contributed by atoms with E-state index >= 15 is 0 Å². The van der Waals surface area contributed by atoms with E-state index in [0.717, 1.165) is 83.5 Å². The Morgan fingerprint density at radius 2 is 0.554 bits per heavy atom. The minimum Gasteiger partial charge on any atom is -0.462 e. The minimum absolute atomic E-state index is 0.0755. The van der Waals surface area contributed by atoms with Crippen LogP contribution in [0.5, 0.6) is 0 Å². The molecule has 0 aliphatic carbocycles. The standard InChI is InChI=1S/C59H108O6/c1-4-7-10-13-16-19-22-24-26-28-29-30-31-32-34-35-37-40-43-46-49-52-58(61)64-55-56(54-63-57(60)51-48-45-42-39-21-18-15-12-9-6-3)65-59(62)53-50-47-44-41-38-36-33-27-25-23-20-17-14-11-8-5-2/h20,23,27-29,33,56H,4-19,21-22,24-26,30-32,34-55H2,1-3H3/b23-20-,29-28-,33-27-. The first kappa shape index (κ1) is 62.6. The van der Waals surface area contributed by atoms with E-state index in [1.807, 2.05) is 0 Å². The SMILES string of the molecule is CCCCCC/C=C\C/C=C\CCCCCCCC(=O)OC(COC(=O)CCCCCCCCCCCC)COC(=O)CCCCCCCCCCC/C=C\CCCCCCCCCC. The maximum atomic E-state index is 12.8. The number of hydrogen-bond acceptors (Lipinski definition) is 6. The second-order valence-electron chi connectivity index (χ2n) is 19.2. The van der Waals surface area contributed by atoms with Gasteiger partial charge in [-0.05, 0) is 77.0 Å². The molecule has 6 nitrogen and oxygen atoms in total. The molecule has 0 rings (SSSR count). The van der Waals surface area contributed by atoms with Crippen molar-refractivity contribution in [1.29, 1.82) is 0 Å². The highest BCUT2D eigenvalue weighted by Crippen LogP contribution is 2.16. The second kappa shape index (κ2) is 54.2. The number of unbranched alkanes of at least 4 members (excludes halogenated alkanes) is 35. The van der Waals surface area contributed by atoms with Crippen LogP contribution in [0.4, 0.5) is 0 Å². The Kier molecular flexibility index (Phi) is 52.3. The fourth-order valence-electron chi connectivity index (χ4n) is 8.29. The molecule has 65 heavy (non-hydrogen) atoms. The van der Waals surface area contributed by atoms with Gasteiger partial charge in [0.15, 0.2) is 6.10 Å². The number of carbonyl (C=O) groups excluding carboxylic acids is 3. The number of rotatable bonds is 52. The van der Waals surface area contributed by atoms with Gasteiger partial charge in [-0.15, -0.1) is 0 Å². The Morgan fingerprint density at radius 1 is 0.308 bits per heavy atom. The first-order chi connectivity index (χ1) is 32.0. The van der Waals surface area contributed by atoms with Crippen molar-refractivity contribution in [3.8, 4) is 0 Å². The number of ether oxygens (including phenoxy) is 3. The van der Waals surface area contributed by atoms with E-state index in [4.69, 9.17) is 14.2 Å². The Bertz CT molecular complexity index is 1090. The predicted octanol–water partition coefficient (Wildman–Crippen LogP) is 18.9. The molecular weight excluding hydrogens is 805 g/mol. The Morgan fingerprint density at radius 3 is 0.877 bits per heavy atom. The Labute approximate surface area is 404 Å². The quantitative estimate of drug-likeness (QED) is 0.0262. The van der Waals surface area contributed by atoms with Gasteiger partial charge in [0.05, 0.1) is 0 Å². The van der Waals surface area contributed by atoms with Gasteiger partial charge in [0.1, 0.15) is 13.2 Å². The smallest absolute Gasteiger partial charge is 0.306 e. The molecule has 0 bridgehead atoms. The van der Waals surface area contributed by atoms with Crippen molar-refractivity contribution in [3.63, 3.8) is 0 Å². The molecule has 0 aromatic carbocycles. The van der Waals surface area contributed by atoms with Crippen LogP contribution in [0.2, 0.25) is 0 Å². The van der Waals surface area contributed by atoms with Crippen molar-refractivity contribution in [2.75, 3.05) is 13.2 Å². The van der Waals surface area contributed by atoms with E-state index in [2.05, 4.69) is 57.2 Å².